The maximum absolute atomic E-state index is 13.8. The van der Waals surface area contributed by atoms with E-state index < -0.39 is 51.7 Å². The number of amides is 1. The average Bonchev–Trinajstić information content (AvgIpc) is 3.13. The molecule has 0 aliphatic heterocycles. The summed E-state index contributed by atoms with van der Waals surface area (Å²) in [6.07, 6.45) is 8.85. The highest BCUT2D eigenvalue weighted by molar-refractivity contribution is 6.26. The molecule has 5 aliphatic carbocycles. The average molecular weight is 590 g/mol. The van der Waals surface area contributed by atoms with Gasteiger partial charge in [-0.15, -0.1) is 11.6 Å². The van der Waals surface area contributed by atoms with E-state index in [1.165, 1.54) is 13.0 Å². The number of ether oxygens (including phenoxy) is 1. The van der Waals surface area contributed by atoms with Gasteiger partial charge in [-0.05, 0) is 87.2 Å². The Morgan fingerprint density at radius 3 is 2.46 bits per heavy atom. The van der Waals surface area contributed by atoms with Gasteiger partial charge in [0.05, 0.1) is 16.9 Å². The summed E-state index contributed by atoms with van der Waals surface area (Å²) >= 11 is 7.46. The number of carbonyl (C=O) groups excluding carboxylic acids is 4. The highest BCUT2D eigenvalue weighted by atomic mass is 35.5. The number of aliphatic hydroxyl groups is 2. The number of aliphatic hydroxyl groups excluding tert-OH is 1. The van der Waals surface area contributed by atoms with Crippen LogP contribution < -0.4 is 5.32 Å². The standard InChI is InChI=1S/C32H44ClNO7/c1-18-13-25-24-10-9-22-14-23(36)11-12-29(22,3)31(24,33)26(37)15-30(25,4)32(18,40)27(38)17-41-28(39)21-7-5-20(6-8-21)16-34-19(2)35/h11-12,14,18,20-21,24-26,37,40H,5-10,13,15-17H2,1-4H3,(H,34,35)/t18-,20?,21?,24+,25+,26+,29+,30?,31+,32+/m1/s1. The van der Waals surface area contributed by atoms with Crippen molar-refractivity contribution in [1.29, 1.82) is 0 Å². The maximum Gasteiger partial charge on any atom is 0.309 e. The molecular weight excluding hydrogens is 546 g/mol. The van der Waals surface area contributed by atoms with Crippen LogP contribution in [0.15, 0.2) is 23.8 Å². The summed E-state index contributed by atoms with van der Waals surface area (Å²) in [5, 5.41) is 26.7. The number of alkyl halides is 1. The number of carbonyl (C=O) groups is 4. The Morgan fingerprint density at radius 1 is 1.12 bits per heavy atom. The fourth-order valence-corrected chi connectivity index (χ4v) is 9.92. The van der Waals surface area contributed by atoms with Crippen LogP contribution in [0.1, 0.15) is 79.1 Å². The number of esters is 1. The SMILES string of the molecule is CC(=O)NCC1CCC(C(=O)OCC(=O)[C@@]2(O)[C@H](C)C[C@H]3[C@@H]4CCC5=CC(=O)C=C[C@]5(C)[C@@]4(Cl)[C@@H](O)CC32C)CC1. The Morgan fingerprint density at radius 2 is 1.80 bits per heavy atom. The van der Waals surface area contributed by atoms with Gasteiger partial charge >= 0.3 is 5.97 Å². The molecule has 5 rings (SSSR count). The van der Waals surface area contributed by atoms with Gasteiger partial charge in [0.25, 0.3) is 0 Å². The number of ketones is 2. The highest BCUT2D eigenvalue weighted by Crippen LogP contribution is 2.71. The molecule has 3 N–H and O–H groups in total. The third-order valence-corrected chi connectivity index (χ3v) is 12.7. The molecule has 226 valence electrons. The lowest BCUT2D eigenvalue weighted by Gasteiger charge is -2.63. The minimum absolute atomic E-state index is 0.0659. The number of Topliss-reactive ketones (excluding diaryl/α,β-unsaturated/α-hetero) is 1. The van der Waals surface area contributed by atoms with Gasteiger partial charge in [-0.3, -0.25) is 19.2 Å². The van der Waals surface area contributed by atoms with Gasteiger partial charge in [0.2, 0.25) is 11.7 Å². The number of hydrogen-bond donors (Lipinski definition) is 3. The summed E-state index contributed by atoms with van der Waals surface area (Å²) in [6.45, 7) is 7.30. The first-order valence-corrected chi connectivity index (χ1v) is 15.5. The molecular formula is C32H44ClNO7. The van der Waals surface area contributed by atoms with Crippen LogP contribution in [0.25, 0.3) is 0 Å². The summed E-state index contributed by atoms with van der Waals surface area (Å²) in [7, 11) is 0. The third-order valence-electron chi connectivity index (χ3n) is 11.8. The Kier molecular flexibility index (Phi) is 7.87. The molecule has 4 saturated carbocycles. The van der Waals surface area contributed by atoms with Crippen LogP contribution in [0.3, 0.4) is 0 Å². The van der Waals surface area contributed by atoms with Crippen LogP contribution in [0.4, 0.5) is 0 Å². The zero-order valence-electron chi connectivity index (χ0n) is 24.6. The van der Waals surface area contributed by atoms with E-state index in [2.05, 4.69) is 5.32 Å². The van der Waals surface area contributed by atoms with Crippen LogP contribution in [0.2, 0.25) is 0 Å². The number of fused-ring (bicyclic) bond motifs is 5. The molecule has 1 amide bonds. The zero-order chi connectivity index (χ0) is 30.0. The Hall–Kier alpha value is -2.03. The third kappa shape index (κ3) is 4.54. The van der Waals surface area contributed by atoms with Crippen LogP contribution in [0, 0.1) is 40.4 Å². The molecule has 0 radical (unpaired) electrons. The Labute approximate surface area is 247 Å². The Balaban J connectivity index is 1.29. The van der Waals surface area contributed by atoms with Gasteiger partial charge in [0.15, 0.2) is 12.4 Å². The maximum atomic E-state index is 13.8. The molecule has 1 unspecified atom stereocenters. The summed E-state index contributed by atoms with van der Waals surface area (Å²) in [5.41, 5.74) is -2.52. The van der Waals surface area contributed by atoms with E-state index in [0.717, 1.165) is 18.4 Å². The van der Waals surface area contributed by atoms with Crippen molar-refractivity contribution in [2.45, 2.75) is 95.6 Å². The molecule has 8 nitrogen and oxygen atoms in total. The number of halogens is 1. The quantitative estimate of drug-likeness (QED) is 0.318. The molecule has 9 heteroatoms. The largest absolute Gasteiger partial charge is 0.457 e. The number of allylic oxidation sites excluding steroid dienone is 4. The Bertz CT molecular complexity index is 1190. The number of rotatable bonds is 6. The molecule has 0 spiro atoms. The van der Waals surface area contributed by atoms with E-state index in [1.54, 1.807) is 6.08 Å². The van der Waals surface area contributed by atoms with E-state index in [1.807, 2.05) is 26.8 Å². The topological polar surface area (TPSA) is 130 Å². The summed E-state index contributed by atoms with van der Waals surface area (Å²) in [5.74, 6) is -1.79. The zero-order valence-corrected chi connectivity index (χ0v) is 25.3. The van der Waals surface area contributed by atoms with Crippen LogP contribution in [-0.2, 0) is 23.9 Å². The van der Waals surface area contributed by atoms with Gasteiger partial charge in [-0.2, -0.15) is 0 Å². The van der Waals surface area contributed by atoms with E-state index in [0.29, 0.717) is 44.6 Å². The van der Waals surface area contributed by atoms with E-state index in [-0.39, 0.29) is 35.9 Å². The normalized spacial score (nSPS) is 45.1. The molecule has 0 saturated heterocycles. The highest BCUT2D eigenvalue weighted by Gasteiger charge is 2.74. The molecule has 4 fully saturated rings. The molecule has 41 heavy (non-hydrogen) atoms. The molecule has 0 aromatic rings. The fraction of sp³-hybridized carbons (Fsp3) is 0.750. The first kappa shape index (κ1) is 30.4. The van der Waals surface area contributed by atoms with Crippen molar-refractivity contribution < 1.29 is 34.1 Å². The van der Waals surface area contributed by atoms with Crippen molar-refractivity contribution in [2.24, 2.45) is 40.4 Å². The smallest absolute Gasteiger partial charge is 0.309 e. The van der Waals surface area contributed by atoms with Crippen LogP contribution in [0.5, 0.6) is 0 Å². The van der Waals surface area contributed by atoms with Gasteiger partial charge < -0.3 is 20.3 Å². The van der Waals surface area contributed by atoms with E-state index >= 15 is 0 Å². The van der Waals surface area contributed by atoms with E-state index in [9.17, 15) is 29.4 Å². The summed E-state index contributed by atoms with van der Waals surface area (Å²) in [6, 6.07) is 0. The molecule has 0 aromatic carbocycles. The number of nitrogens with one attached hydrogen (secondary N) is 1. The first-order valence-electron chi connectivity index (χ1n) is 15.2. The van der Waals surface area contributed by atoms with Gasteiger partial charge in [0, 0.05) is 24.3 Å². The minimum atomic E-state index is -1.78. The fourth-order valence-electron chi connectivity index (χ4n) is 9.40. The second kappa shape index (κ2) is 10.6. The van der Waals surface area contributed by atoms with Crippen LogP contribution in [-0.4, -0.2) is 63.4 Å². The molecule has 0 bridgehead atoms. The van der Waals surface area contributed by atoms with Gasteiger partial charge in [0.1, 0.15) is 5.60 Å². The van der Waals surface area contributed by atoms with Crippen molar-refractivity contribution in [1.82, 2.24) is 5.32 Å². The monoisotopic (exact) mass is 589 g/mol. The lowest BCUT2D eigenvalue weighted by atomic mass is 9.45. The van der Waals surface area contributed by atoms with Crippen molar-refractivity contribution in [3.8, 4) is 0 Å². The number of hydrogen-bond acceptors (Lipinski definition) is 7. The molecule has 5 aliphatic rings. The molecule has 0 heterocycles. The van der Waals surface area contributed by atoms with Crippen molar-refractivity contribution in [3.05, 3.63) is 23.8 Å². The molecule has 8 atom stereocenters. The van der Waals surface area contributed by atoms with Gasteiger partial charge in [-0.25, -0.2) is 0 Å². The second-order valence-corrected chi connectivity index (χ2v) is 14.5. The first-order chi connectivity index (χ1) is 19.2. The summed E-state index contributed by atoms with van der Waals surface area (Å²) < 4.78 is 5.52. The van der Waals surface area contributed by atoms with Crippen LogP contribution >= 0.6 is 11.6 Å². The minimum Gasteiger partial charge on any atom is -0.457 e. The van der Waals surface area contributed by atoms with Crippen molar-refractivity contribution in [2.75, 3.05) is 13.2 Å². The van der Waals surface area contributed by atoms with Crippen molar-refractivity contribution >= 4 is 35.0 Å². The predicted molar refractivity (Wildman–Crippen MR) is 153 cm³/mol. The van der Waals surface area contributed by atoms with E-state index in [4.69, 9.17) is 16.3 Å². The molecule has 0 aromatic heterocycles. The second-order valence-electron chi connectivity index (χ2n) is 13.9. The lowest BCUT2D eigenvalue weighted by molar-refractivity contribution is -0.183. The summed E-state index contributed by atoms with van der Waals surface area (Å²) in [4.78, 5) is 48.9. The van der Waals surface area contributed by atoms with Crippen molar-refractivity contribution in [3.63, 3.8) is 0 Å². The lowest BCUT2D eigenvalue weighted by Crippen LogP contribution is -2.69. The van der Waals surface area contributed by atoms with Gasteiger partial charge in [-0.1, -0.05) is 32.4 Å². The predicted octanol–water partition coefficient (Wildman–Crippen LogP) is 3.66.